The molecule has 1 aromatic carbocycles. The third-order valence-electron chi connectivity index (χ3n) is 4.87. The van der Waals surface area contributed by atoms with Crippen LogP contribution in [0.2, 0.25) is 0 Å². The number of sulfonamides is 1. The molecule has 2 atom stereocenters. The Bertz CT molecular complexity index is 884. The number of hydrogen-bond donors (Lipinski definition) is 0. The van der Waals surface area contributed by atoms with Crippen LogP contribution >= 0.6 is 11.3 Å². The summed E-state index contributed by atoms with van der Waals surface area (Å²) < 4.78 is 27.7. The summed E-state index contributed by atoms with van der Waals surface area (Å²) >= 11 is 1.59. The smallest absolute Gasteiger partial charge is 0.253 e. The van der Waals surface area contributed by atoms with Crippen molar-refractivity contribution < 1.29 is 13.2 Å². The lowest BCUT2D eigenvalue weighted by atomic mass is 9.94. The van der Waals surface area contributed by atoms with E-state index in [0.29, 0.717) is 37.0 Å². The van der Waals surface area contributed by atoms with Gasteiger partial charge in [-0.05, 0) is 47.9 Å². The van der Waals surface area contributed by atoms with Gasteiger partial charge in [0.1, 0.15) is 0 Å². The molecule has 1 aromatic heterocycles. The predicted octanol–water partition coefficient (Wildman–Crippen LogP) is 3.69. The Morgan fingerprint density at radius 2 is 1.89 bits per heavy atom. The molecule has 1 aliphatic heterocycles. The fourth-order valence-electron chi connectivity index (χ4n) is 3.67. The highest BCUT2D eigenvalue weighted by atomic mass is 32.2. The van der Waals surface area contributed by atoms with E-state index in [1.807, 2.05) is 17.5 Å². The molecule has 3 rings (SSSR count). The lowest BCUT2D eigenvalue weighted by molar-refractivity contribution is 0.0786. The molecule has 1 saturated heterocycles. The van der Waals surface area contributed by atoms with E-state index in [1.54, 1.807) is 45.8 Å². The Morgan fingerprint density at radius 3 is 2.52 bits per heavy atom. The Kier molecular flexibility index (Phi) is 6.03. The number of carbonyl (C=O) groups excluding carboxylic acids is 1. The molecule has 0 aliphatic carbocycles. The number of nitrogens with zero attached hydrogens (tertiary/aromatic N) is 2. The number of piperidine rings is 1. The van der Waals surface area contributed by atoms with Crippen LogP contribution in [-0.4, -0.2) is 43.7 Å². The molecule has 2 heterocycles. The quantitative estimate of drug-likeness (QED) is 0.761. The van der Waals surface area contributed by atoms with E-state index >= 15 is 0 Å². The van der Waals surface area contributed by atoms with E-state index < -0.39 is 10.0 Å². The lowest BCUT2D eigenvalue weighted by Crippen LogP contribution is -2.42. The van der Waals surface area contributed by atoms with Gasteiger partial charge >= 0.3 is 0 Å². The summed E-state index contributed by atoms with van der Waals surface area (Å²) in [6.07, 6.45) is 1.04. The molecule has 0 N–H and O–H groups in total. The van der Waals surface area contributed by atoms with Crippen molar-refractivity contribution in [2.24, 2.45) is 11.8 Å². The van der Waals surface area contributed by atoms with Gasteiger partial charge in [-0.15, -0.1) is 11.3 Å². The zero-order valence-corrected chi connectivity index (χ0v) is 17.6. The number of carbonyl (C=O) groups is 1. The summed E-state index contributed by atoms with van der Waals surface area (Å²) in [4.78, 5) is 15.6. The number of rotatable bonds is 5. The van der Waals surface area contributed by atoms with E-state index in [-0.39, 0.29) is 10.8 Å². The van der Waals surface area contributed by atoms with Crippen molar-refractivity contribution >= 4 is 27.3 Å². The van der Waals surface area contributed by atoms with Crippen molar-refractivity contribution in [3.63, 3.8) is 0 Å². The Balaban J connectivity index is 1.81. The van der Waals surface area contributed by atoms with Crippen LogP contribution < -0.4 is 0 Å². The first-order chi connectivity index (χ1) is 12.8. The number of amides is 1. The molecule has 0 spiro atoms. The molecule has 2 unspecified atom stereocenters. The minimum absolute atomic E-state index is 0.180. The van der Waals surface area contributed by atoms with Crippen molar-refractivity contribution in [2.45, 2.75) is 31.7 Å². The fourth-order valence-corrected chi connectivity index (χ4v) is 6.15. The minimum atomic E-state index is -3.59. The summed E-state index contributed by atoms with van der Waals surface area (Å²) in [5.41, 5.74) is 0.397. The average molecular weight is 407 g/mol. The molecule has 146 valence electrons. The molecule has 0 bridgehead atoms. The van der Waals surface area contributed by atoms with Gasteiger partial charge in [0.2, 0.25) is 10.0 Å². The van der Waals surface area contributed by atoms with Gasteiger partial charge in [0.15, 0.2) is 0 Å². The van der Waals surface area contributed by atoms with Crippen LogP contribution in [0.1, 0.15) is 35.5 Å². The van der Waals surface area contributed by atoms with Gasteiger partial charge in [-0.25, -0.2) is 8.42 Å². The van der Waals surface area contributed by atoms with Crippen molar-refractivity contribution in [1.82, 2.24) is 9.21 Å². The molecular formula is C20H26N2O3S2. The van der Waals surface area contributed by atoms with E-state index in [9.17, 15) is 13.2 Å². The standard InChI is InChI=1S/C20H26N2O3S2/c1-15-10-16(2)13-22(12-15)27(24,25)19-8-4-6-17(11-19)20(23)21(3)14-18-7-5-9-26-18/h4-9,11,15-16H,10,12-14H2,1-3H3. The molecule has 27 heavy (non-hydrogen) atoms. The molecular weight excluding hydrogens is 380 g/mol. The third kappa shape index (κ3) is 4.59. The Morgan fingerprint density at radius 1 is 1.19 bits per heavy atom. The summed E-state index contributed by atoms with van der Waals surface area (Å²) in [5.74, 6) is 0.497. The summed E-state index contributed by atoms with van der Waals surface area (Å²) in [6.45, 7) is 5.73. The van der Waals surface area contributed by atoms with Crippen LogP contribution in [0.5, 0.6) is 0 Å². The van der Waals surface area contributed by atoms with Crippen LogP contribution in [0.15, 0.2) is 46.7 Å². The van der Waals surface area contributed by atoms with Gasteiger partial charge < -0.3 is 4.90 Å². The van der Waals surface area contributed by atoms with Gasteiger partial charge in [0.05, 0.1) is 11.4 Å². The highest BCUT2D eigenvalue weighted by Crippen LogP contribution is 2.27. The second kappa shape index (κ2) is 8.12. The first-order valence-corrected chi connectivity index (χ1v) is 11.5. The van der Waals surface area contributed by atoms with E-state index in [2.05, 4.69) is 13.8 Å². The fraction of sp³-hybridized carbons (Fsp3) is 0.450. The van der Waals surface area contributed by atoms with Gasteiger partial charge in [0.25, 0.3) is 5.91 Å². The normalized spacial score (nSPS) is 21.1. The maximum atomic E-state index is 13.1. The molecule has 1 amide bonds. The van der Waals surface area contributed by atoms with Crippen molar-refractivity contribution in [2.75, 3.05) is 20.1 Å². The van der Waals surface area contributed by atoms with E-state index in [4.69, 9.17) is 0 Å². The first-order valence-electron chi connectivity index (χ1n) is 9.15. The summed E-state index contributed by atoms with van der Waals surface area (Å²) in [5, 5.41) is 1.97. The second-order valence-corrected chi connectivity index (χ2v) is 10.5. The molecule has 2 aromatic rings. The molecule has 5 nitrogen and oxygen atoms in total. The van der Waals surface area contributed by atoms with E-state index in [1.165, 1.54) is 6.07 Å². The van der Waals surface area contributed by atoms with Crippen molar-refractivity contribution in [3.8, 4) is 0 Å². The predicted molar refractivity (Wildman–Crippen MR) is 108 cm³/mol. The van der Waals surface area contributed by atoms with Crippen molar-refractivity contribution in [1.29, 1.82) is 0 Å². The Labute approximate surface area is 165 Å². The van der Waals surface area contributed by atoms with Crippen molar-refractivity contribution in [3.05, 3.63) is 52.2 Å². The molecule has 0 saturated carbocycles. The van der Waals surface area contributed by atoms with Crippen LogP contribution in [0.4, 0.5) is 0 Å². The van der Waals surface area contributed by atoms with Crippen LogP contribution in [0, 0.1) is 11.8 Å². The SMILES string of the molecule is CC1CC(C)CN(S(=O)(=O)c2cccc(C(=O)N(C)Cc3cccs3)c2)C1. The summed E-state index contributed by atoms with van der Waals surface area (Å²) in [6, 6.07) is 10.3. The number of hydrogen-bond acceptors (Lipinski definition) is 4. The maximum absolute atomic E-state index is 13.1. The molecule has 1 fully saturated rings. The van der Waals surface area contributed by atoms with Crippen LogP contribution in [0.25, 0.3) is 0 Å². The van der Waals surface area contributed by atoms with Gasteiger partial charge in [0, 0.05) is 30.6 Å². The van der Waals surface area contributed by atoms with Crippen LogP contribution in [0.3, 0.4) is 0 Å². The van der Waals surface area contributed by atoms with Gasteiger partial charge in [-0.3, -0.25) is 4.79 Å². The topological polar surface area (TPSA) is 57.7 Å². The maximum Gasteiger partial charge on any atom is 0.253 e. The van der Waals surface area contributed by atoms with Gasteiger partial charge in [-0.1, -0.05) is 26.0 Å². The van der Waals surface area contributed by atoms with Gasteiger partial charge in [-0.2, -0.15) is 4.31 Å². The largest absolute Gasteiger partial charge is 0.337 e. The zero-order chi connectivity index (χ0) is 19.6. The number of thiophene rings is 1. The zero-order valence-electron chi connectivity index (χ0n) is 16.0. The summed E-state index contributed by atoms with van der Waals surface area (Å²) in [7, 11) is -1.86. The minimum Gasteiger partial charge on any atom is -0.337 e. The lowest BCUT2D eigenvalue weighted by Gasteiger charge is -2.34. The number of benzene rings is 1. The second-order valence-electron chi connectivity index (χ2n) is 7.54. The highest BCUT2D eigenvalue weighted by molar-refractivity contribution is 7.89. The first kappa shape index (κ1) is 20.0. The average Bonchev–Trinajstić information content (AvgIpc) is 3.13. The van der Waals surface area contributed by atoms with Crippen LogP contribution in [-0.2, 0) is 16.6 Å². The highest BCUT2D eigenvalue weighted by Gasteiger charge is 2.32. The molecule has 1 aliphatic rings. The monoisotopic (exact) mass is 406 g/mol. The Hall–Kier alpha value is -1.70. The van der Waals surface area contributed by atoms with E-state index in [0.717, 1.165) is 11.3 Å². The third-order valence-corrected chi connectivity index (χ3v) is 7.56. The molecule has 0 radical (unpaired) electrons. The molecule has 7 heteroatoms.